The average Bonchev–Trinajstić information content (AvgIpc) is 2.26. The van der Waals surface area contributed by atoms with Gasteiger partial charge in [0.05, 0.1) is 11.2 Å². The molecule has 1 nitrogen and oxygen atoms in total. The van der Waals surface area contributed by atoms with Crippen LogP contribution in [0.2, 0.25) is 0 Å². The van der Waals surface area contributed by atoms with Crippen molar-refractivity contribution in [3.05, 3.63) is 48.2 Å². The third-order valence-corrected chi connectivity index (χ3v) is 1.91. The summed E-state index contributed by atoms with van der Waals surface area (Å²) in [5.74, 6) is 0. The maximum absolute atomic E-state index is 7.00. The Balaban J connectivity index is 2.46. The first-order valence-corrected chi connectivity index (χ1v) is 4.22. The molecule has 13 heavy (non-hydrogen) atoms. The second kappa shape index (κ2) is 3.40. The Morgan fingerprint density at radius 2 is 2.15 bits per heavy atom. The van der Waals surface area contributed by atoms with Crippen molar-refractivity contribution in [1.82, 2.24) is 4.98 Å². The summed E-state index contributed by atoms with van der Waals surface area (Å²) < 4.78 is 7.00. The predicted octanol–water partition coefficient (Wildman–Crippen LogP) is 3.27. The number of fused-ring (bicyclic) bond motifs is 1. The summed E-state index contributed by atoms with van der Waals surface area (Å²) in [5, 5.41) is 1.15. The minimum Gasteiger partial charge on any atom is -0.248 e. The summed E-state index contributed by atoms with van der Waals surface area (Å²) in [6, 6.07) is 12.0. The zero-order chi connectivity index (χ0) is 9.80. The van der Waals surface area contributed by atoms with Gasteiger partial charge in [0.25, 0.3) is 0 Å². The number of para-hydroxylation sites is 1. The van der Waals surface area contributed by atoms with Gasteiger partial charge in [-0.2, -0.15) is 0 Å². The standard InChI is InChI=1S/C12H11N/c1-2-5-11-9-8-10-6-3-4-7-12(10)13-11/h2-9H,1H3/b5-2+/i1D. The van der Waals surface area contributed by atoms with Crippen LogP contribution in [0.5, 0.6) is 0 Å². The molecule has 1 heteroatoms. The molecule has 0 atom stereocenters. The lowest BCUT2D eigenvalue weighted by molar-refractivity contribution is 1.37. The van der Waals surface area contributed by atoms with Gasteiger partial charge in [0.1, 0.15) is 0 Å². The molecular weight excluding hydrogens is 158 g/mol. The number of allylic oxidation sites excluding steroid dienone is 1. The lowest BCUT2D eigenvalue weighted by Gasteiger charge is -1.97. The van der Waals surface area contributed by atoms with E-state index in [1.54, 1.807) is 6.08 Å². The van der Waals surface area contributed by atoms with Crippen LogP contribution in [0.3, 0.4) is 0 Å². The van der Waals surface area contributed by atoms with Crippen molar-refractivity contribution in [1.29, 1.82) is 0 Å². The molecule has 0 aliphatic heterocycles. The molecule has 0 aliphatic carbocycles. The quantitative estimate of drug-likeness (QED) is 0.640. The van der Waals surface area contributed by atoms with Crippen LogP contribution in [-0.4, -0.2) is 4.98 Å². The normalized spacial score (nSPS) is 12.2. The largest absolute Gasteiger partial charge is 0.248 e. The van der Waals surface area contributed by atoms with Crippen LogP contribution in [0.4, 0.5) is 0 Å². The molecule has 0 fully saturated rings. The van der Waals surface area contributed by atoms with E-state index in [0.29, 0.717) is 6.90 Å². The molecule has 2 aromatic rings. The number of aromatic nitrogens is 1. The Hall–Kier alpha value is -1.63. The molecule has 2 rings (SSSR count). The summed E-state index contributed by atoms with van der Waals surface area (Å²) in [6.45, 7) is 0.300. The van der Waals surface area contributed by atoms with Gasteiger partial charge in [0, 0.05) is 6.76 Å². The van der Waals surface area contributed by atoms with Crippen LogP contribution in [0.15, 0.2) is 42.5 Å². The molecular formula is C12H11N. The van der Waals surface area contributed by atoms with Crippen molar-refractivity contribution in [2.45, 2.75) is 6.90 Å². The van der Waals surface area contributed by atoms with E-state index in [0.717, 1.165) is 16.6 Å². The number of benzene rings is 1. The van der Waals surface area contributed by atoms with E-state index in [2.05, 4.69) is 4.98 Å². The first-order valence-electron chi connectivity index (χ1n) is 4.92. The molecule has 0 unspecified atom stereocenters. The smallest absolute Gasteiger partial charge is 0.0709 e. The van der Waals surface area contributed by atoms with Crippen molar-refractivity contribution in [3.63, 3.8) is 0 Å². The second-order valence-corrected chi connectivity index (χ2v) is 2.83. The van der Waals surface area contributed by atoms with Gasteiger partial charge in [0.15, 0.2) is 0 Å². The van der Waals surface area contributed by atoms with Crippen LogP contribution in [0.25, 0.3) is 17.0 Å². The molecule has 0 spiro atoms. The molecule has 1 aromatic carbocycles. The number of pyridine rings is 1. The molecule has 1 aromatic heterocycles. The van der Waals surface area contributed by atoms with Gasteiger partial charge in [-0.25, -0.2) is 4.98 Å². The molecule has 64 valence electrons. The monoisotopic (exact) mass is 170 g/mol. The number of rotatable bonds is 1. The van der Waals surface area contributed by atoms with Crippen LogP contribution >= 0.6 is 0 Å². The van der Waals surface area contributed by atoms with Gasteiger partial charge in [-0.15, -0.1) is 0 Å². The first kappa shape index (κ1) is 6.84. The fourth-order valence-electron chi connectivity index (χ4n) is 1.30. The molecule has 0 aliphatic rings. The first-order chi connectivity index (χ1) is 6.90. The molecule has 0 bridgehead atoms. The minimum atomic E-state index is 0.300. The summed E-state index contributed by atoms with van der Waals surface area (Å²) in [5.41, 5.74) is 1.91. The summed E-state index contributed by atoms with van der Waals surface area (Å²) in [6.07, 6.45) is 3.66. The molecule has 1 heterocycles. The van der Waals surface area contributed by atoms with Gasteiger partial charge < -0.3 is 0 Å². The van der Waals surface area contributed by atoms with Crippen LogP contribution in [0, 0.1) is 0 Å². The zero-order valence-corrected chi connectivity index (χ0v) is 7.27. The predicted molar refractivity (Wildman–Crippen MR) is 56.5 cm³/mol. The number of hydrogen-bond acceptors (Lipinski definition) is 1. The van der Waals surface area contributed by atoms with Gasteiger partial charge in [-0.1, -0.05) is 30.3 Å². The van der Waals surface area contributed by atoms with E-state index < -0.39 is 0 Å². The van der Waals surface area contributed by atoms with Crippen molar-refractivity contribution < 1.29 is 1.37 Å². The van der Waals surface area contributed by atoms with E-state index in [-0.39, 0.29) is 0 Å². The Bertz CT molecular complexity index is 463. The number of hydrogen-bond donors (Lipinski definition) is 0. The van der Waals surface area contributed by atoms with Crippen LogP contribution in [0.1, 0.15) is 14.0 Å². The van der Waals surface area contributed by atoms with E-state index >= 15 is 0 Å². The van der Waals surface area contributed by atoms with Gasteiger partial charge >= 0.3 is 0 Å². The summed E-state index contributed by atoms with van der Waals surface area (Å²) in [7, 11) is 0. The minimum absolute atomic E-state index is 0.300. The fourth-order valence-corrected chi connectivity index (χ4v) is 1.30. The highest BCUT2D eigenvalue weighted by molar-refractivity contribution is 5.79. The van der Waals surface area contributed by atoms with Crippen LogP contribution < -0.4 is 0 Å². The third-order valence-electron chi connectivity index (χ3n) is 1.91. The van der Waals surface area contributed by atoms with E-state index in [4.69, 9.17) is 1.37 Å². The lowest BCUT2D eigenvalue weighted by Crippen LogP contribution is -1.81. The maximum atomic E-state index is 7.00. The summed E-state index contributed by atoms with van der Waals surface area (Å²) in [4.78, 5) is 4.44. The zero-order valence-electron chi connectivity index (χ0n) is 8.27. The molecule has 0 N–H and O–H groups in total. The van der Waals surface area contributed by atoms with E-state index in [1.807, 2.05) is 42.5 Å². The molecule has 0 saturated heterocycles. The van der Waals surface area contributed by atoms with Crippen molar-refractivity contribution in [2.24, 2.45) is 0 Å². The Kier molecular flexibility index (Phi) is 1.79. The van der Waals surface area contributed by atoms with Crippen molar-refractivity contribution in [2.75, 3.05) is 0 Å². The molecule has 0 saturated carbocycles. The Morgan fingerprint density at radius 1 is 1.23 bits per heavy atom. The molecule has 0 amide bonds. The summed E-state index contributed by atoms with van der Waals surface area (Å²) >= 11 is 0. The fraction of sp³-hybridized carbons (Fsp3) is 0.0833. The average molecular weight is 170 g/mol. The Labute approximate surface area is 79.1 Å². The SMILES string of the molecule is [2H]C/C=C/c1ccc2ccccc2n1. The topological polar surface area (TPSA) is 12.9 Å². The second-order valence-electron chi connectivity index (χ2n) is 2.83. The van der Waals surface area contributed by atoms with Gasteiger partial charge in [0.2, 0.25) is 0 Å². The lowest BCUT2D eigenvalue weighted by atomic mass is 10.2. The van der Waals surface area contributed by atoms with E-state index in [9.17, 15) is 0 Å². The van der Waals surface area contributed by atoms with Crippen molar-refractivity contribution >= 4 is 17.0 Å². The third kappa shape index (κ3) is 1.59. The van der Waals surface area contributed by atoms with Gasteiger partial charge in [-0.3, -0.25) is 0 Å². The van der Waals surface area contributed by atoms with Gasteiger partial charge in [-0.05, 0) is 25.1 Å². The Morgan fingerprint density at radius 3 is 3.08 bits per heavy atom. The highest BCUT2D eigenvalue weighted by Gasteiger charge is 1.92. The maximum Gasteiger partial charge on any atom is 0.0709 e. The highest BCUT2D eigenvalue weighted by atomic mass is 14.7. The molecule has 0 radical (unpaired) electrons. The highest BCUT2D eigenvalue weighted by Crippen LogP contribution is 2.12. The van der Waals surface area contributed by atoms with E-state index in [1.165, 1.54) is 0 Å². The van der Waals surface area contributed by atoms with Crippen molar-refractivity contribution in [3.8, 4) is 0 Å². The number of nitrogens with zero attached hydrogens (tertiary/aromatic N) is 1. The van der Waals surface area contributed by atoms with Crippen LogP contribution in [-0.2, 0) is 0 Å².